The van der Waals surface area contributed by atoms with Crippen LogP contribution in [0.2, 0.25) is 0 Å². The number of carbonyl (C=O) groups excluding carboxylic acids is 1. The minimum Gasteiger partial charge on any atom is -0.480 e. The van der Waals surface area contributed by atoms with Crippen molar-refractivity contribution in [3.63, 3.8) is 0 Å². The van der Waals surface area contributed by atoms with Crippen molar-refractivity contribution in [2.45, 2.75) is 12.5 Å². The van der Waals surface area contributed by atoms with Gasteiger partial charge in [-0.15, -0.1) is 0 Å². The maximum Gasteiger partial charge on any atom is 0.326 e. The SMILES string of the molecule is O=C(N[C@H](Cc1cccc(I)c1)C(=O)O)c1cnc2ccccc2c1. The Bertz CT molecular complexity index is 943. The second-order valence-electron chi connectivity index (χ2n) is 5.62. The summed E-state index contributed by atoms with van der Waals surface area (Å²) in [7, 11) is 0. The summed E-state index contributed by atoms with van der Waals surface area (Å²) in [5.74, 6) is -1.52. The molecular formula is C19H15IN2O3. The van der Waals surface area contributed by atoms with E-state index in [1.54, 1.807) is 6.07 Å². The van der Waals surface area contributed by atoms with Gasteiger partial charge in [-0.05, 0) is 52.4 Å². The van der Waals surface area contributed by atoms with Crippen LogP contribution in [0.3, 0.4) is 0 Å². The van der Waals surface area contributed by atoms with Crippen molar-refractivity contribution in [2.24, 2.45) is 0 Å². The van der Waals surface area contributed by atoms with Crippen molar-refractivity contribution in [1.82, 2.24) is 10.3 Å². The fourth-order valence-electron chi connectivity index (χ4n) is 2.54. The van der Waals surface area contributed by atoms with Crippen molar-refractivity contribution >= 4 is 45.4 Å². The maximum absolute atomic E-state index is 12.4. The van der Waals surface area contributed by atoms with Crippen LogP contribution < -0.4 is 5.32 Å². The van der Waals surface area contributed by atoms with Crippen LogP contribution in [0.1, 0.15) is 15.9 Å². The first kappa shape index (κ1) is 17.3. The van der Waals surface area contributed by atoms with E-state index in [4.69, 9.17) is 0 Å². The summed E-state index contributed by atoms with van der Waals surface area (Å²) in [6, 6.07) is 15.7. The molecule has 2 aromatic carbocycles. The Hall–Kier alpha value is -2.48. The number of hydrogen-bond donors (Lipinski definition) is 2. The van der Waals surface area contributed by atoms with E-state index >= 15 is 0 Å². The molecule has 25 heavy (non-hydrogen) atoms. The zero-order valence-electron chi connectivity index (χ0n) is 13.1. The highest BCUT2D eigenvalue weighted by molar-refractivity contribution is 14.1. The number of aromatic nitrogens is 1. The lowest BCUT2D eigenvalue weighted by atomic mass is 10.1. The molecule has 3 aromatic rings. The smallest absolute Gasteiger partial charge is 0.326 e. The molecule has 0 aliphatic rings. The lowest BCUT2D eigenvalue weighted by molar-refractivity contribution is -0.139. The molecule has 0 unspecified atom stereocenters. The van der Waals surface area contributed by atoms with Gasteiger partial charge in [0.25, 0.3) is 5.91 Å². The number of amides is 1. The van der Waals surface area contributed by atoms with Gasteiger partial charge in [-0.1, -0.05) is 30.3 Å². The number of carboxylic acid groups (broad SMARTS) is 1. The van der Waals surface area contributed by atoms with Gasteiger partial charge in [0.1, 0.15) is 6.04 Å². The van der Waals surface area contributed by atoms with E-state index in [9.17, 15) is 14.7 Å². The molecule has 0 radical (unpaired) electrons. The molecule has 2 N–H and O–H groups in total. The highest BCUT2D eigenvalue weighted by atomic mass is 127. The molecule has 5 nitrogen and oxygen atoms in total. The molecule has 0 aliphatic heterocycles. The van der Waals surface area contributed by atoms with Crippen LogP contribution in [0.5, 0.6) is 0 Å². The average Bonchev–Trinajstić information content (AvgIpc) is 2.60. The lowest BCUT2D eigenvalue weighted by Crippen LogP contribution is -2.42. The second-order valence-corrected chi connectivity index (χ2v) is 6.86. The van der Waals surface area contributed by atoms with Crippen LogP contribution >= 0.6 is 22.6 Å². The number of para-hydroxylation sites is 1. The van der Waals surface area contributed by atoms with Gasteiger partial charge in [0.2, 0.25) is 0 Å². The summed E-state index contributed by atoms with van der Waals surface area (Å²) in [6.07, 6.45) is 1.68. The van der Waals surface area contributed by atoms with Gasteiger partial charge in [0.05, 0.1) is 11.1 Å². The van der Waals surface area contributed by atoms with Crippen molar-refractivity contribution in [1.29, 1.82) is 0 Å². The first-order chi connectivity index (χ1) is 12.0. The summed E-state index contributed by atoms with van der Waals surface area (Å²) in [4.78, 5) is 28.2. The highest BCUT2D eigenvalue weighted by Gasteiger charge is 2.21. The van der Waals surface area contributed by atoms with Gasteiger partial charge >= 0.3 is 5.97 Å². The van der Waals surface area contributed by atoms with Gasteiger partial charge in [-0.25, -0.2) is 4.79 Å². The third-order valence-corrected chi connectivity index (χ3v) is 4.46. The molecule has 0 fully saturated rings. The minimum absolute atomic E-state index is 0.221. The van der Waals surface area contributed by atoms with Gasteiger partial charge in [0.15, 0.2) is 0 Å². The number of rotatable bonds is 5. The quantitative estimate of drug-likeness (QED) is 0.590. The number of nitrogens with one attached hydrogen (secondary N) is 1. The first-order valence-corrected chi connectivity index (χ1v) is 8.74. The molecule has 126 valence electrons. The zero-order chi connectivity index (χ0) is 17.8. The third kappa shape index (κ3) is 4.33. The molecule has 0 saturated carbocycles. The van der Waals surface area contributed by atoms with Gasteiger partial charge in [-0.3, -0.25) is 9.78 Å². The van der Waals surface area contributed by atoms with Gasteiger partial charge in [-0.2, -0.15) is 0 Å². The Labute approximate surface area is 158 Å². The first-order valence-electron chi connectivity index (χ1n) is 7.66. The molecule has 1 atom stereocenters. The minimum atomic E-state index is -1.07. The fraction of sp³-hybridized carbons (Fsp3) is 0.105. The molecule has 0 saturated heterocycles. The topological polar surface area (TPSA) is 79.3 Å². The molecule has 1 aromatic heterocycles. The number of aliphatic carboxylic acids is 1. The second kappa shape index (κ2) is 7.60. The normalized spacial score (nSPS) is 11.9. The molecule has 0 bridgehead atoms. The van der Waals surface area contributed by atoms with Crippen LogP contribution in [0.4, 0.5) is 0 Å². The van der Waals surface area contributed by atoms with E-state index in [0.29, 0.717) is 5.56 Å². The summed E-state index contributed by atoms with van der Waals surface area (Å²) in [5.41, 5.74) is 1.98. The zero-order valence-corrected chi connectivity index (χ0v) is 15.3. The Balaban J connectivity index is 1.78. The van der Waals surface area contributed by atoms with Crippen LogP contribution in [0.25, 0.3) is 10.9 Å². The molecule has 0 aliphatic carbocycles. The molecule has 1 amide bonds. The third-order valence-electron chi connectivity index (χ3n) is 3.78. The highest BCUT2D eigenvalue weighted by Crippen LogP contribution is 2.14. The predicted molar refractivity (Wildman–Crippen MR) is 103 cm³/mol. The summed E-state index contributed by atoms with van der Waals surface area (Å²) in [6.45, 7) is 0. The molecule has 3 rings (SSSR count). The van der Waals surface area contributed by atoms with Crippen molar-refractivity contribution in [3.8, 4) is 0 Å². The molecule has 1 heterocycles. The monoisotopic (exact) mass is 446 g/mol. The fourth-order valence-corrected chi connectivity index (χ4v) is 3.14. The van der Waals surface area contributed by atoms with Crippen LogP contribution in [-0.2, 0) is 11.2 Å². The van der Waals surface area contributed by atoms with Crippen LogP contribution in [0, 0.1) is 3.57 Å². The van der Waals surface area contributed by atoms with E-state index in [-0.39, 0.29) is 6.42 Å². The largest absolute Gasteiger partial charge is 0.480 e. The molecule has 6 heteroatoms. The van der Waals surface area contributed by atoms with E-state index in [2.05, 4.69) is 32.9 Å². The number of pyridine rings is 1. The number of halogens is 1. The van der Waals surface area contributed by atoms with Crippen LogP contribution in [-0.4, -0.2) is 28.0 Å². The Morgan fingerprint density at radius 2 is 1.92 bits per heavy atom. The Morgan fingerprint density at radius 1 is 1.12 bits per heavy atom. The Kier molecular flexibility index (Phi) is 5.28. The average molecular weight is 446 g/mol. The number of carbonyl (C=O) groups is 2. The number of nitrogens with zero attached hydrogens (tertiary/aromatic N) is 1. The summed E-state index contributed by atoms with van der Waals surface area (Å²) < 4.78 is 1.02. The van der Waals surface area contributed by atoms with E-state index in [0.717, 1.165) is 20.0 Å². The molecule has 0 spiro atoms. The summed E-state index contributed by atoms with van der Waals surface area (Å²) in [5, 5.41) is 12.9. The van der Waals surface area contributed by atoms with E-state index < -0.39 is 17.9 Å². The van der Waals surface area contributed by atoms with Crippen molar-refractivity contribution in [3.05, 3.63) is 75.5 Å². The van der Waals surface area contributed by atoms with Crippen LogP contribution in [0.15, 0.2) is 60.8 Å². The van der Waals surface area contributed by atoms with Gasteiger partial charge < -0.3 is 10.4 Å². The van der Waals surface area contributed by atoms with Crippen molar-refractivity contribution < 1.29 is 14.7 Å². The predicted octanol–water partition coefficient (Wildman–Crippen LogP) is 3.27. The summed E-state index contributed by atoms with van der Waals surface area (Å²) >= 11 is 2.17. The molecular weight excluding hydrogens is 431 g/mol. The van der Waals surface area contributed by atoms with E-state index in [1.165, 1.54) is 6.20 Å². The number of carboxylic acids is 1. The Morgan fingerprint density at radius 3 is 2.68 bits per heavy atom. The standard InChI is InChI=1S/C19H15IN2O3/c20-15-6-3-4-12(8-15)9-17(19(24)25)22-18(23)14-10-13-5-1-2-7-16(13)21-11-14/h1-8,10-11,17H,9H2,(H,22,23)(H,24,25)/t17-/m1/s1. The van der Waals surface area contributed by atoms with E-state index in [1.807, 2.05) is 48.5 Å². The van der Waals surface area contributed by atoms with Crippen molar-refractivity contribution in [2.75, 3.05) is 0 Å². The number of benzene rings is 2. The lowest BCUT2D eigenvalue weighted by Gasteiger charge is -2.15. The number of fused-ring (bicyclic) bond motifs is 1. The van der Waals surface area contributed by atoms with Gasteiger partial charge in [0, 0.05) is 21.6 Å². The number of hydrogen-bond acceptors (Lipinski definition) is 3. The maximum atomic E-state index is 12.4.